The fourth-order valence-electron chi connectivity index (χ4n) is 3.23. The molecule has 10 heteroatoms. The predicted octanol–water partition coefficient (Wildman–Crippen LogP) is 2.59. The van der Waals surface area contributed by atoms with E-state index in [0.29, 0.717) is 41.9 Å². The lowest BCUT2D eigenvalue weighted by molar-refractivity contribution is 0.102. The Balaban J connectivity index is 1.66. The Morgan fingerprint density at radius 2 is 1.83 bits per heavy atom. The van der Waals surface area contributed by atoms with E-state index in [2.05, 4.69) is 15.3 Å². The molecule has 1 atom stereocenters. The summed E-state index contributed by atoms with van der Waals surface area (Å²) < 4.78 is 26.9. The van der Waals surface area contributed by atoms with Crippen LogP contribution in [0.4, 0.5) is 10.5 Å². The first-order chi connectivity index (χ1) is 14.6. The third-order valence-electron chi connectivity index (χ3n) is 4.66. The normalized spacial score (nSPS) is 15.9. The standard InChI is InChI=1S/C20H26N4O6/c1-26-15-10-13(11-16(27-2)18(15)28-3)22-20(25)24-9-5-6-14(12-24)30-17-7-8-21-19(23-17)29-4/h7-8,10-11,14H,5-6,9,12H2,1-4H3,(H,22,25). The lowest BCUT2D eigenvalue weighted by Gasteiger charge is -2.32. The maximum Gasteiger partial charge on any atom is 0.321 e. The summed E-state index contributed by atoms with van der Waals surface area (Å²) in [5.41, 5.74) is 0.540. The monoisotopic (exact) mass is 418 g/mol. The molecule has 0 bridgehead atoms. The van der Waals surface area contributed by atoms with Crippen LogP contribution in [0.3, 0.4) is 0 Å². The van der Waals surface area contributed by atoms with Crippen LogP contribution in [0.5, 0.6) is 29.1 Å². The van der Waals surface area contributed by atoms with Gasteiger partial charge in [-0.05, 0) is 12.8 Å². The van der Waals surface area contributed by atoms with Gasteiger partial charge in [0.1, 0.15) is 6.10 Å². The summed E-state index contributed by atoms with van der Waals surface area (Å²) in [6.45, 7) is 1.06. The van der Waals surface area contributed by atoms with Crippen molar-refractivity contribution in [2.75, 3.05) is 46.8 Å². The zero-order valence-electron chi connectivity index (χ0n) is 17.5. The van der Waals surface area contributed by atoms with Gasteiger partial charge in [-0.3, -0.25) is 0 Å². The topological polar surface area (TPSA) is 104 Å². The molecule has 1 unspecified atom stereocenters. The predicted molar refractivity (Wildman–Crippen MR) is 109 cm³/mol. The molecule has 0 aliphatic carbocycles. The largest absolute Gasteiger partial charge is 0.493 e. The van der Waals surface area contributed by atoms with Crippen LogP contribution >= 0.6 is 0 Å². The summed E-state index contributed by atoms with van der Waals surface area (Å²) in [5.74, 6) is 1.80. The molecule has 162 valence electrons. The van der Waals surface area contributed by atoms with Gasteiger partial charge in [0.05, 0.1) is 40.7 Å². The molecular weight excluding hydrogens is 392 g/mol. The van der Waals surface area contributed by atoms with Crippen LogP contribution in [0, 0.1) is 0 Å². The maximum absolute atomic E-state index is 12.8. The molecule has 0 radical (unpaired) electrons. The van der Waals surface area contributed by atoms with Crippen molar-refractivity contribution < 1.29 is 28.5 Å². The molecule has 1 saturated heterocycles. The van der Waals surface area contributed by atoms with Gasteiger partial charge in [0.25, 0.3) is 0 Å². The molecule has 1 aromatic carbocycles. The number of nitrogens with one attached hydrogen (secondary N) is 1. The average Bonchev–Trinajstić information content (AvgIpc) is 2.78. The van der Waals surface area contributed by atoms with E-state index in [1.807, 2.05) is 0 Å². The fourth-order valence-corrected chi connectivity index (χ4v) is 3.23. The number of urea groups is 1. The van der Waals surface area contributed by atoms with Gasteiger partial charge in [0, 0.05) is 30.9 Å². The molecule has 1 fully saturated rings. The molecule has 30 heavy (non-hydrogen) atoms. The van der Waals surface area contributed by atoms with E-state index in [9.17, 15) is 4.79 Å². The molecule has 1 aliphatic rings. The second kappa shape index (κ2) is 9.86. The van der Waals surface area contributed by atoms with Crippen LogP contribution < -0.4 is 29.0 Å². The van der Waals surface area contributed by atoms with Crippen molar-refractivity contribution in [3.63, 3.8) is 0 Å². The number of benzene rings is 1. The number of rotatable bonds is 7. The van der Waals surface area contributed by atoms with Crippen LogP contribution in [0.1, 0.15) is 12.8 Å². The van der Waals surface area contributed by atoms with E-state index < -0.39 is 0 Å². The number of ether oxygens (including phenoxy) is 5. The lowest BCUT2D eigenvalue weighted by atomic mass is 10.1. The SMILES string of the molecule is COc1nccc(OC2CCCN(C(=O)Nc3cc(OC)c(OC)c(OC)c3)C2)n1. The highest BCUT2D eigenvalue weighted by atomic mass is 16.5. The van der Waals surface area contributed by atoms with Crippen molar-refractivity contribution in [1.82, 2.24) is 14.9 Å². The smallest absolute Gasteiger partial charge is 0.321 e. The average molecular weight is 418 g/mol. The number of piperidine rings is 1. The Bertz CT molecular complexity index is 853. The molecule has 1 aliphatic heterocycles. The second-order valence-electron chi connectivity index (χ2n) is 6.55. The van der Waals surface area contributed by atoms with Crippen LogP contribution in [0.15, 0.2) is 24.4 Å². The van der Waals surface area contributed by atoms with Crippen molar-refractivity contribution in [3.8, 4) is 29.1 Å². The van der Waals surface area contributed by atoms with Gasteiger partial charge in [-0.15, -0.1) is 0 Å². The Morgan fingerprint density at radius 1 is 1.10 bits per heavy atom. The van der Waals surface area contributed by atoms with Gasteiger partial charge in [-0.2, -0.15) is 4.98 Å². The van der Waals surface area contributed by atoms with Crippen LogP contribution in [0.25, 0.3) is 0 Å². The highest BCUT2D eigenvalue weighted by Gasteiger charge is 2.26. The number of nitrogens with zero attached hydrogens (tertiary/aromatic N) is 3. The highest BCUT2D eigenvalue weighted by molar-refractivity contribution is 5.90. The van der Waals surface area contributed by atoms with Crippen molar-refractivity contribution >= 4 is 11.7 Å². The van der Waals surface area contributed by atoms with E-state index in [1.54, 1.807) is 29.3 Å². The number of aromatic nitrogens is 2. The Morgan fingerprint density at radius 3 is 2.47 bits per heavy atom. The zero-order valence-corrected chi connectivity index (χ0v) is 17.5. The Hall–Kier alpha value is -3.43. The van der Waals surface area contributed by atoms with E-state index in [-0.39, 0.29) is 18.1 Å². The fraction of sp³-hybridized carbons (Fsp3) is 0.450. The number of hydrogen-bond acceptors (Lipinski definition) is 8. The quantitative estimate of drug-likeness (QED) is 0.732. The number of likely N-dealkylation sites (tertiary alicyclic amines) is 1. The first-order valence-corrected chi connectivity index (χ1v) is 9.47. The summed E-state index contributed by atoms with van der Waals surface area (Å²) >= 11 is 0. The molecular formula is C20H26N4O6. The second-order valence-corrected chi connectivity index (χ2v) is 6.55. The summed E-state index contributed by atoms with van der Waals surface area (Å²) in [6.07, 6.45) is 3.03. The summed E-state index contributed by atoms with van der Waals surface area (Å²) in [7, 11) is 6.07. The van der Waals surface area contributed by atoms with Crippen molar-refractivity contribution in [2.45, 2.75) is 18.9 Å². The molecule has 1 aromatic heterocycles. The van der Waals surface area contributed by atoms with Gasteiger partial charge >= 0.3 is 12.0 Å². The van der Waals surface area contributed by atoms with Gasteiger partial charge in [-0.25, -0.2) is 9.78 Å². The van der Waals surface area contributed by atoms with E-state index in [1.165, 1.54) is 28.4 Å². The molecule has 0 saturated carbocycles. The number of carbonyl (C=O) groups is 1. The van der Waals surface area contributed by atoms with Gasteiger partial charge < -0.3 is 33.9 Å². The molecule has 2 heterocycles. The van der Waals surface area contributed by atoms with Crippen LogP contribution in [0.2, 0.25) is 0 Å². The van der Waals surface area contributed by atoms with Gasteiger partial charge in [0.15, 0.2) is 11.5 Å². The molecule has 2 amide bonds. The van der Waals surface area contributed by atoms with Gasteiger partial charge in [-0.1, -0.05) is 0 Å². The van der Waals surface area contributed by atoms with Crippen molar-refractivity contribution in [1.29, 1.82) is 0 Å². The number of amides is 2. The van der Waals surface area contributed by atoms with E-state index in [0.717, 1.165) is 12.8 Å². The third kappa shape index (κ3) is 4.94. The minimum atomic E-state index is -0.238. The van der Waals surface area contributed by atoms with Crippen LogP contribution in [-0.2, 0) is 0 Å². The maximum atomic E-state index is 12.8. The zero-order chi connectivity index (χ0) is 21.5. The Kier molecular flexibility index (Phi) is 6.99. The molecule has 10 nitrogen and oxygen atoms in total. The van der Waals surface area contributed by atoms with Crippen LogP contribution in [-0.4, -0.2) is 68.5 Å². The summed E-state index contributed by atoms with van der Waals surface area (Å²) in [6, 6.07) is 5.03. The van der Waals surface area contributed by atoms with Gasteiger partial charge in [0.2, 0.25) is 11.6 Å². The van der Waals surface area contributed by atoms with Crippen molar-refractivity contribution in [3.05, 3.63) is 24.4 Å². The highest BCUT2D eigenvalue weighted by Crippen LogP contribution is 2.40. The summed E-state index contributed by atoms with van der Waals surface area (Å²) in [5, 5.41) is 2.89. The van der Waals surface area contributed by atoms with Crippen molar-refractivity contribution in [2.24, 2.45) is 0 Å². The molecule has 2 aromatic rings. The number of hydrogen-bond donors (Lipinski definition) is 1. The minimum absolute atomic E-state index is 0.177. The molecule has 3 rings (SSSR count). The summed E-state index contributed by atoms with van der Waals surface area (Å²) in [4.78, 5) is 22.7. The third-order valence-corrected chi connectivity index (χ3v) is 4.66. The number of carbonyl (C=O) groups excluding carboxylic acids is 1. The first kappa shape index (κ1) is 21.3. The van der Waals surface area contributed by atoms with E-state index in [4.69, 9.17) is 23.7 Å². The Labute approximate surface area is 175 Å². The minimum Gasteiger partial charge on any atom is -0.493 e. The first-order valence-electron chi connectivity index (χ1n) is 9.47. The number of anilines is 1. The lowest BCUT2D eigenvalue weighted by Crippen LogP contribution is -2.46. The molecule has 1 N–H and O–H groups in total. The van der Waals surface area contributed by atoms with E-state index >= 15 is 0 Å². The number of methoxy groups -OCH3 is 4. The molecule has 0 spiro atoms.